The number of hydrogen-bond acceptors (Lipinski definition) is 3. The van der Waals surface area contributed by atoms with Crippen LogP contribution < -0.4 is 16.4 Å². The minimum absolute atomic E-state index is 0.406. The summed E-state index contributed by atoms with van der Waals surface area (Å²) in [7, 11) is 1.89. The summed E-state index contributed by atoms with van der Waals surface area (Å²) < 4.78 is 0. The first kappa shape index (κ1) is 14.2. The molecule has 0 aromatic heterocycles. The van der Waals surface area contributed by atoms with Gasteiger partial charge in [0.1, 0.15) is 0 Å². The summed E-state index contributed by atoms with van der Waals surface area (Å²) in [6.45, 7) is 0.618. The van der Waals surface area contributed by atoms with Crippen LogP contribution in [0.15, 0.2) is 42.5 Å². The standard InChI is InChI=1S/C15H16ClN3O/c1-19(9-10-3-2-4-12(17)7-10)14-6-5-11(16)8-13(14)15(18)20/h2-8H,9,17H2,1H3,(H2,18,20). The van der Waals surface area contributed by atoms with E-state index >= 15 is 0 Å². The van der Waals surface area contributed by atoms with Crippen molar-refractivity contribution in [2.45, 2.75) is 6.54 Å². The number of halogens is 1. The normalized spacial score (nSPS) is 10.3. The van der Waals surface area contributed by atoms with Crippen molar-refractivity contribution in [3.05, 3.63) is 58.6 Å². The molecule has 4 N–H and O–H groups in total. The molecule has 4 nitrogen and oxygen atoms in total. The van der Waals surface area contributed by atoms with E-state index in [2.05, 4.69) is 0 Å². The van der Waals surface area contributed by atoms with E-state index in [4.69, 9.17) is 23.1 Å². The summed E-state index contributed by atoms with van der Waals surface area (Å²) in [5, 5.41) is 0.486. The van der Waals surface area contributed by atoms with Gasteiger partial charge in [0.05, 0.1) is 5.56 Å². The first-order chi connectivity index (χ1) is 9.47. The molecule has 1 amide bonds. The lowest BCUT2D eigenvalue weighted by atomic mass is 10.1. The summed E-state index contributed by atoms with van der Waals surface area (Å²) in [5.41, 5.74) is 14.1. The highest BCUT2D eigenvalue weighted by molar-refractivity contribution is 6.31. The molecule has 0 saturated heterocycles. The quantitative estimate of drug-likeness (QED) is 0.850. The molecule has 2 aromatic carbocycles. The molecule has 0 aliphatic carbocycles. The topological polar surface area (TPSA) is 72.3 Å². The Labute approximate surface area is 122 Å². The van der Waals surface area contributed by atoms with E-state index in [1.165, 1.54) is 0 Å². The van der Waals surface area contributed by atoms with Crippen molar-refractivity contribution in [3.63, 3.8) is 0 Å². The van der Waals surface area contributed by atoms with Crippen molar-refractivity contribution < 1.29 is 4.79 Å². The largest absolute Gasteiger partial charge is 0.399 e. The van der Waals surface area contributed by atoms with Crippen LogP contribution in [0.2, 0.25) is 5.02 Å². The fraction of sp³-hybridized carbons (Fsp3) is 0.133. The number of rotatable bonds is 4. The summed E-state index contributed by atoms with van der Waals surface area (Å²) in [6.07, 6.45) is 0. The van der Waals surface area contributed by atoms with Crippen LogP contribution in [-0.4, -0.2) is 13.0 Å². The van der Waals surface area contributed by atoms with Gasteiger partial charge in [-0.15, -0.1) is 0 Å². The molecule has 0 bridgehead atoms. The van der Waals surface area contributed by atoms with Crippen LogP contribution in [0.4, 0.5) is 11.4 Å². The van der Waals surface area contributed by atoms with E-state index in [1.54, 1.807) is 18.2 Å². The summed E-state index contributed by atoms with van der Waals surface area (Å²) in [5.74, 6) is -0.498. The molecular weight excluding hydrogens is 274 g/mol. The first-order valence-corrected chi connectivity index (χ1v) is 6.50. The highest BCUT2D eigenvalue weighted by Crippen LogP contribution is 2.24. The SMILES string of the molecule is CN(Cc1cccc(N)c1)c1ccc(Cl)cc1C(N)=O. The number of benzene rings is 2. The first-order valence-electron chi connectivity index (χ1n) is 6.12. The molecule has 0 aliphatic rings. The fourth-order valence-electron chi connectivity index (χ4n) is 2.09. The van der Waals surface area contributed by atoms with Crippen LogP contribution in [0, 0.1) is 0 Å². The van der Waals surface area contributed by atoms with E-state index in [0.717, 1.165) is 11.3 Å². The molecule has 104 valence electrons. The zero-order valence-electron chi connectivity index (χ0n) is 11.1. The lowest BCUT2D eigenvalue weighted by molar-refractivity contribution is 0.100. The Morgan fingerprint density at radius 2 is 2.00 bits per heavy atom. The number of amides is 1. The van der Waals surface area contributed by atoms with Gasteiger partial charge in [-0.05, 0) is 35.9 Å². The van der Waals surface area contributed by atoms with Gasteiger partial charge in [-0.3, -0.25) is 4.79 Å². The zero-order chi connectivity index (χ0) is 14.7. The summed E-state index contributed by atoms with van der Waals surface area (Å²) in [6, 6.07) is 12.7. The van der Waals surface area contributed by atoms with Crippen molar-refractivity contribution >= 4 is 28.9 Å². The van der Waals surface area contributed by atoms with Crippen molar-refractivity contribution in [2.24, 2.45) is 5.73 Å². The number of nitrogen functional groups attached to an aromatic ring is 1. The van der Waals surface area contributed by atoms with Crippen LogP contribution in [0.1, 0.15) is 15.9 Å². The molecule has 0 saturated carbocycles. The van der Waals surface area contributed by atoms with E-state index in [-0.39, 0.29) is 0 Å². The number of nitrogens with two attached hydrogens (primary N) is 2. The maximum Gasteiger partial charge on any atom is 0.250 e. The van der Waals surface area contributed by atoms with Gasteiger partial charge in [0.2, 0.25) is 0 Å². The van der Waals surface area contributed by atoms with Crippen molar-refractivity contribution in [1.82, 2.24) is 0 Å². The molecule has 0 radical (unpaired) electrons. The number of anilines is 2. The van der Waals surface area contributed by atoms with Crippen LogP contribution in [-0.2, 0) is 6.54 Å². The zero-order valence-corrected chi connectivity index (χ0v) is 11.9. The van der Waals surface area contributed by atoms with Crippen LogP contribution in [0.3, 0.4) is 0 Å². The molecular formula is C15H16ClN3O. The highest BCUT2D eigenvalue weighted by atomic mass is 35.5. The third-order valence-electron chi connectivity index (χ3n) is 3.01. The monoisotopic (exact) mass is 289 g/mol. The molecule has 2 aromatic rings. The number of nitrogens with zero attached hydrogens (tertiary/aromatic N) is 1. The Morgan fingerprint density at radius 3 is 2.65 bits per heavy atom. The lowest BCUT2D eigenvalue weighted by Crippen LogP contribution is -2.22. The highest BCUT2D eigenvalue weighted by Gasteiger charge is 2.13. The third-order valence-corrected chi connectivity index (χ3v) is 3.24. The second-order valence-corrected chi connectivity index (χ2v) is 5.06. The van der Waals surface area contributed by atoms with Gasteiger partial charge in [0, 0.05) is 30.0 Å². The number of carbonyl (C=O) groups is 1. The average molecular weight is 290 g/mol. The molecule has 5 heteroatoms. The minimum Gasteiger partial charge on any atom is -0.399 e. The molecule has 0 fully saturated rings. The van der Waals surface area contributed by atoms with Crippen molar-refractivity contribution in [3.8, 4) is 0 Å². The minimum atomic E-state index is -0.498. The Morgan fingerprint density at radius 1 is 1.25 bits per heavy atom. The molecule has 20 heavy (non-hydrogen) atoms. The smallest absolute Gasteiger partial charge is 0.250 e. The van der Waals surface area contributed by atoms with Gasteiger partial charge in [-0.2, -0.15) is 0 Å². The van der Waals surface area contributed by atoms with E-state index in [9.17, 15) is 4.79 Å². The summed E-state index contributed by atoms with van der Waals surface area (Å²) in [4.78, 5) is 13.4. The number of carbonyl (C=O) groups excluding carboxylic acids is 1. The van der Waals surface area contributed by atoms with Gasteiger partial charge in [-0.1, -0.05) is 23.7 Å². The fourth-order valence-corrected chi connectivity index (χ4v) is 2.26. The van der Waals surface area contributed by atoms with Crippen molar-refractivity contribution in [1.29, 1.82) is 0 Å². The number of primary amides is 1. The van der Waals surface area contributed by atoms with Crippen LogP contribution in [0.5, 0.6) is 0 Å². The Kier molecular flexibility index (Phi) is 4.15. The third kappa shape index (κ3) is 3.22. The Hall–Kier alpha value is -2.20. The van der Waals surface area contributed by atoms with Gasteiger partial charge in [0.25, 0.3) is 5.91 Å². The maximum absolute atomic E-state index is 11.5. The lowest BCUT2D eigenvalue weighted by Gasteiger charge is -2.22. The predicted octanol–water partition coefficient (Wildman–Crippen LogP) is 2.66. The van der Waals surface area contributed by atoms with Crippen LogP contribution in [0.25, 0.3) is 0 Å². The van der Waals surface area contributed by atoms with E-state index < -0.39 is 5.91 Å². The average Bonchev–Trinajstić information content (AvgIpc) is 2.38. The Bertz CT molecular complexity index is 643. The maximum atomic E-state index is 11.5. The molecule has 2 rings (SSSR count). The van der Waals surface area contributed by atoms with E-state index in [0.29, 0.717) is 22.8 Å². The number of hydrogen-bond donors (Lipinski definition) is 2. The molecule has 0 unspecified atom stereocenters. The molecule has 0 spiro atoms. The second kappa shape index (κ2) is 5.84. The van der Waals surface area contributed by atoms with E-state index in [1.807, 2.05) is 36.2 Å². The molecule has 0 heterocycles. The second-order valence-electron chi connectivity index (χ2n) is 4.63. The summed E-state index contributed by atoms with van der Waals surface area (Å²) >= 11 is 5.90. The molecule has 0 aliphatic heterocycles. The van der Waals surface area contributed by atoms with Gasteiger partial charge >= 0.3 is 0 Å². The molecule has 0 atom stereocenters. The van der Waals surface area contributed by atoms with Gasteiger partial charge < -0.3 is 16.4 Å². The van der Waals surface area contributed by atoms with Crippen molar-refractivity contribution in [2.75, 3.05) is 17.7 Å². The predicted molar refractivity (Wildman–Crippen MR) is 82.9 cm³/mol. The van der Waals surface area contributed by atoms with Gasteiger partial charge in [-0.25, -0.2) is 0 Å². The Balaban J connectivity index is 2.29. The van der Waals surface area contributed by atoms with Crippen LogP contribution >= 0.6 is 11.6 Å². The van der Waals surface area contributed by atoms with Gasteiger partial charge in [0.15, 0.2) is 0 Å².